The first-order valence-corrected chi connectivity index (χ1v) is 5.95. The Hall–Kier alpha value is -0.990. The topological polar surface area (TPSA) is 40.5 Å². The van der Waals surface area contributed by atoms with Gasteiger partial charge in [0.15, 0.2) is 0 Å². The molecule has 0 aliphatic rings. The summed E-state index contributed by atoms with van der Waals surface area (Å²) >= 11 is 0. The van der Waals surface area contributed by atoms with Gasteiger partial charge in [0, 0.05) is 13.0 Å². The van der Waals surface area contributed by atoms with E-state index in [9.17, 15) is 57.1 Å². The number of halogens is 13. The predicted octanol–water partition coefficient (Wildman–Crippen LogP) is 3.86. The molecule has 2 nitrogen and oxygen atoms in total. The minimum absolute atomic E-state index is 1.12. The molecule has 0 radical (unpaired) electrons. The van der Waals surface area contributed by atoms with Crippen molar-refractivity contribution >= 4 is 0 Å². The summed E-state index contributed by atoms with van der Waals surface area (Å²) in [5.41, 5.74) is 0. The van der Waals surface area contributed by atoms with Crippen LogP contribution in [0, 0.1) is 0 Å². The SMILES string of the molecule is OCCC(O)CC(F)(F)C(F)(F)C(F)(F)C(F)(F)C(F)(F)C(F)(F)F. The largest absolute Gasteiger partial charge is 0.460 e. The van der Waals surface area contributed by atoms with Crippen molar-refractivity contribution in [3.63, 3.8) is 0 Å². The van der Waals surface area contributed by atoms with Crippen LogP contribution in [0.5, 0.6) is 0 Å². The fourth-order valence-electron chi connectivity index (χ4n) is 1.48. The van der Waals surface area contributed by atoms with Gasteiger partial charge in [0.1, 0.15) is 0 Å². The minimum atomic E-state index is -7.95. The summed E-state index contributed by atoms with van der Waals surface area (Å²) in [7, 11) is 0. The molecule has 0 fully saturated rings. The highest BCUT2D eigenvalue weighted by atomic mass is 19.4. The van der Waals surface area contributed by atoms with Gasteiger partial charge in [-0.05, 0) is 6.42 Å². The molecule has 0 aliphatic carbocycles. The molecule has 0 aliphatic heterocycles. The summed E-state index contributed by atoms with van der Waals surface area (Å²) < 4.78 is 165. The fourth-order valence-corrected chi connectivity index (χ4v) is 1.48. The van der Waals surface area contributed by atoms with Gasteiger partial charge in [0.2, 0.25) is 0 Å². The van der Waals surface area contributed by atoms with Crippen LogP contribution in [0.1, 0.15) is 12.8 Å². The second-order valence-electron chi connectivity index (χ2n) is 4.87. The van der Waals surface area contributed by atoms with Crippen LogP contribution in [0.25, 0.3) is 0 Å². The van der Waals surface area contributed by atoms with E-state index in [1.807, 2.05) is 0 Å². The Kier molecular flexibility index (Phi) is 6.37. The van der Waals surface area contributed by atoms with Gasteiger partial charge in [-0.25, -0.2) is 0 Å². The molecular weight excluding hydrogens is 399 g/mol. The second kappa shape index (κ2) is 6.63. The van der Waals surface area contributed by atoms with E-state index in [1.54, 1.807) is 0 Å². The second-order valence-corrected chi connectivity index (χ2v) is 4.87. The van der Waals surface area contributed by atoms with E-state index in [0.717, 1.165) is 0 Å². The Balaban J connectivity index is 6.03. The van der Waals surface area contributed by atoms with Crippen LogP contribution in [-0.2, 0) is 0 Å². The maximum atomic E-state index is 13.2. The summed E-state index contributed by atoms with van der Waals surface area (Å²) in [6.07, 6.45) is -14.0. The van der Waals surface area contributed by atoms with Crippen LogP contribution in [0.4, 0.5) is 57.1 Å². The average molecular weight is 408 g/mol. The Morgan fingerprint density at radius 2 is 0.960 bits per heavy atom. The number of aliphatic hydroxyl groups is 2. The number of rotatable bonds is 8. The number of alkyl halides is 13. The zero-order valence-electron chi connectivity index (χ0n) is 11.5. The first kappa shape index (κ1) is 24.0. The third-order valence-electron chi connectivity index (χ3n) is 2.95. The highest BCUT2D eigenvalue weighted by Gasteiger charge is 2.90. The average Bonchev–Trinajstić information content (AvgIpc) is 2.35. The van der Waals surface area contributed by atoms with Crippen molar-refractivity contribution in [2.45, 2.75) is 54.7 Å². The van der Waals surface area contributed by atoms with Crippen LogP contribution in [0.15, 0.2) is 0 Å². The Morgan fingerprint density at radius 3 is 1.28 bits per heavy atom. The molecule has 0 saturated heterocycles. The van der Waals surface area contributed by atoms with Gasteiger partial charge in [-0.15, -0.1) is 0 Å². The molecule has 0 amide bonds. The predicted molar refractivity (Wildman–Crippen MR) is 53.1 cm³/mol. The van der Waals surface area contributed by atoms with E-state index < -0.39 is 61.3 Å². The van der Waals surface area contributed by atoms with Crippen LogP contribution in [0.2, 0.25) is 0 Å². The zero-order valence-corrected chi connectivity index (χ0v) is 11.5. The molecule has 0 aromatic rings. The van der Waals surface area contributed by atoms with E-state index in [1.165, 1.54) is 0 Å². The molecule has 0 aromatic heterocycles. The lowest BCUT2D eigenvalue weighted by atomic mass is 9.91. The molecule has 25 heavy (non-hydrogen) atoms. The highest BCUT2D eigenvalue weighted by molar-refractivity contribution is 5.10. The molecule has 1 unspecified atom stereocenters. The van der Waals surface area contributed by atoms with E-state index in [2.05, 4.69) is 0 Å². The Morgan fingerprint density at radius 1 is 0.600 bits per heavy atom. The summed E-state index contributed by atoms with van der Waals surface area (Å²) in [4.78, 5) is 0. The molecular formula is C10H9F13O2. The van der Waals surface area contributed by atoms with Gasteiger partial charge in [0.25, 0.3) is 0 Å². The number of aliphatic hydroxyl groups excluding tert-OH is 2. The first-order valence-electron chi connectivity index (χ1n) is 5.95. The fraction of sp³-hybridized carbons (Fsp3) is 1.00. The maximum Gasteiger partial charge on any atom is 0.460 e. The quantitative estimate of drug-likeness (QED) is 0.599. The van der Waals surface area contributed by atoms with E-state index >= 15 is 0 Å². The summed E-state index contributed by atoms with van der Waals surface area (Å²) in [6.45, 7) is -1.14. The Labute approximate surface area is 130 Å². The lowest BCUT2D eigenvalue weighted by molar-refractivity contribution is -0.440. The van der Waals surface area contributed by atoms with Crippen LogP contribution >= 0.6 is 0 Å². The summed E-state index contributed by atoms with van der Waals surface area (Å²) in [5, 5.41) is 17.0. The van der Waals surface area contributed by atoms with Gasteiger partial charge in [0.05, 0.1) is 6.10 Å². The lowest BCUT2D eigenvalue weighted by Gasteiger charge is -2.40. The van der Waals surface area contributed by atoms with E-state index in [4.69, 9.17) is 10.2 Å². The van der Waals surface area contributed by atoms with Crippen LogP contribution < -0.4 is 0 Å². The van der Waals surface area contributed by atoms with Crippen molar-refractivity contribution in [1.29, 1.82) is 0 Å². The normalized spacial score (nSPS) is 16.9. The van der Waals surface area contributed by atoms with Gasteiger partial charge in [-0.3, -0.25) is 0 Å². The summed E-state index contributed by atoms with van der Waals surface area (Å²) in [5.74, 6) is -37.3. The van der Waals surface area contributed by atoms with Crippen molar-refractivity contribution in [3.8, 4) is 0 Å². The number of hydrogen-bond donors (Lipinski definition) is 2. The van der Waals surface area contributed by atoms with E-state index in [-0.39, 0.29) is 0 Å². The highest BCUT2D eigenvalue weighted by Crippen LogP contribution is 2.60. The first-order chi connectivity index (χ1) is 10.7. The van der Waals surface area contributed by atoms with Gasteiger partial charge < -0.3 is 10.2 Å². The smallest absolute Gasteiger partial charge is 0.396 e. The molecule has 1 atom stereocenters. The van der Waals surface area contributed by atoms with Crippen LogP contribution in [0.3, 0.4) is 0 Å². The number of hydrogen-bond acceptors (Lipinski definition) is 2. The zero-order chi connectivity index (χ0) is 20.7. The molecule has 0 bridgehead atoms. The van der Waals surface area contributed by atoms with Crippen molar-refractivity contribution in [2.24, 2.45) is 0 Å². The molecule has 15 heteroatoms. The van der Waals surface area contributed by atoms with Gasteiger partial charge in [-0.1, -0.05) is 0 Å². The molecule has 152 valence electrons. The third kappa shape index (κ3) is 3.75. The lowest BCUT2D eigenvalue weighted by Crippen LogP contribution is -2.70. The third-order valence-corrected chi connectivity index (χ3v) is 2.95. The van der Waals surface area contributed by atoms with Crippen molar-refractivity contribution < 1.29 is 67.3 Å². The van der Waals surface area contributed by atoms with E-state index in [0.29, 0.717) is 0 Å². The molecule has 0 spiro atoms. The molecule has 0 saturated carbocycles. The standard InChI is InChI=1S/C10H9F13O2/c11-5(12,3-4(25)1-2-24)6(13,14)7(15,16)8(17,18)9(19,20)10(21,22)23/h4,24-25H,1-3H2. The van der Waals surface area contributed by atoms with Gasteiger partial charge in [-0.2, -0.15) is 57.1 Å². The van der Waals surface area contributed by atoms with Crippen molar-refractivity contribution in [2.75, 3.05) is 6.61 Å². The molecule has 0 rings (SSSR count). The van der Waals surface area contributed by atoms with Crippen molar-refractivity contribution in [3.05, 3.63) is 0 Å². The monoisotopic (exact) mass is 408 g/mol. The van der Waals surface area contributed by atoms with Crippen LogP contribution in [-0.4, -0.2) is 58.7 Å². The molecule has 0 aromatic carbocycles. The minimum Gasteiger partial charge on any atom is -0.396 e. The molecule has 2 N–H and O–H groups in total. The summed E-state index contributed by atoms with van der Waals surface area (Å²) in [6, 6.07) is 0. The van der Waals surface area contributed by atoms with Gasteiger partial charge >= 0.3 is 35.8 Å². The molecule has 0 heterocycles. The Bertz CT molecular complexity index is 456. The van der Waals surface area contributed by atoms with Crippen molar-refractivity contribution in [1.82, 2.24) is 0 Å². The maximum absolute atomic E-state index is 13.2.